The molecule has 5 nitrogen and oxygen atoms in total. The monoisotopic (exact) mass is 217 g/mol. The van der Waals surface area contributed by atoms with Gasteiger partial charge >= 0.3 is 0 Å². The van der Waals surface area contributed by atoms with E-state index in [-0.39, 0.29) is 6.04 Å². The lowest BCUT2D eigenvalue weighted by molar-refractivity contribution is 0.256. The summed E-state index contributed by atoms with van der Waals surface area (Å²) in [7, 11) is 0. The van der Waals surface area contributed by atoms with Gasteiger partial charge in [0.1, 0.15) is 0 Å². The number of hydrogen-bond donors (Lipinski definition) is 4. The SMILES string of the molecule is NCCCC(N)CN(CCN)CCCN. The predicted octanol–water partition coefficient (Wildman–Crippen LogP) is -1.34. The zero-order valence-electron chi connectivity index (χ0n) is 9.70. The minimum Gasteiger partial charge on any atom is -0.330 e. The summed E-state index contributed by atoms with van der Waals surface area (Å²) in [6.07, 6.45) is 2.98. The molecule has 1 atom stereocenters. The van der Waals surface area contributed by atoms with Crippen molar-refractivity contribution in [3.05, 3.63) is 0 Å². The van der Waals surface area contributed by atoms with Crippen molar-refractivity contribution in [3.8, 4) is 0 Å². The Bertz CT molecular complexity index is 131. The van der Waals surface area contributed by atoms with Crippen LogP contribution in [-0.4, -0.2) is 50.2 Å². The Hall–Kier alpha value is -0.200. The molecule has 0 fully saturated rings. The van der Waals surface area contributed by atoms with E-state index >= 15 is 0 Å². The van der Waals surface area contributed by atoms with Crippen molar-refractivity contribution in [2.75, 3.05) is 39.3 Å². The molecule has 0 radical (unpaired) electrons. The van der Waals surface area contributed by atoms with Crippen molar-refractivity contribution in [2.24, 2.45) is 22.9 Å². The van der Waals surface area contributed by atoms with E-state index in [1.165, 1.54) is 0 Å². The van der Waals surface area contributed by atoms with Gasteiger partial charge in [0.2, 0.25) is 0 Å². The molecule has 0 aliphatic carbocycles. The molecule has 0 aliphatic heterocycles. The van der Waals surface area contributed by atoms with E-state index in [1.54, 1.807) is 0 Å². The summed E-state index contributed by atoms with van der Waals surface area (Å²) in [4.78, 5) is 2.29. The van der Waals surface area contributed by atoms with Gasteiger partial charge in [-0.3, -0.25) is 0 Å². The summed E-state index contributed by atoms with van der Waals surface area (Å²) in [6, 6.07) is 0.206. The Balaban J connectivity index is 3.70. The maximum Gasteiger partial charge on any atom is 0.0168 e. The van der Waals surface area contributed by atoms with Gasteiger partial charge in [-0.25, -0.2) is 0 Å². The van der Waals surface area contributed by atoms with Crippen LogP contribution in [0.15, 0.2) is 0 Å². The molecule has 0 aliphatic rings. The molecule has 0 bridgehead atoms. The van der Waals surface area contributed by atoms with E-state index in [1.807, 2.05) is 0 Å². The molecular weight excluding hydrogens is 190 g/mol. The standard InChI is InChI=1S/C10H27N5/c11-4-1-3-10(14)9-15(8-6-13)7-2-5-12/h10H,1-9,11-14H2. The molecule has 5 heteroatoms. The summed E-state index contributed by atoms with van der Waals surface area (Å²) in [6.45, 7) is 4.90. The van der Waals surface area contributed by atoms with Crippen molar-refractivity contribution in [1.82, 2.24) is 4.90 Å². The van der Waals surface area contributed by atoms with Crippen LogP contribution in [0, 0.1) is 0 Å². The largest absolute Gasteiger partial charge is 0.330 e. The number of nitrogens with zero attached hydrogens (tertiary/aromatic N) is 1. The highest BCUT2D eigenvalue weighted by Crippen LogP contribution is 1.98. The number of nitrogens with two attached hydrogens (primary N) is 4. The Labute approximate surface area is 93.1 Å². The summed E-state index contributed by atoms with van der Waals surface area (Å²) < 4.78 is 0. The van der Waals surface area contributed by atoms with Gasteiger partial charge in [0, 0.05) is 25.7 Å². The first-order valence-corrected chi connectivity index (χ1v) is 5.82. The first-order valence-electron chi connectivity index (χ1n) is 5.82. The van der Waals surface area contributed by atoms with Crippen LogP contribution in [0.2, 0.25) is 0 Å². The Morgan fingerprint density at radius 1 is 0.867 bits per heavy atom. The highest BCUT2D eigenvalue weighted by molar-refractivity contribution is 4.69. The molecule has 92 valence electrons. The van der Waals surface area contributed by atoms with Gasteiger partial charge in [0.15, 0.2) is 0 Å². The van der Waals surface area contributed by atoms with Gasteiger partial charge in [0.25, 0.3) is 0 Å². The van der Waals surface area contributed by atoms with E-state index in [0.29, 0.717) is 13.1 Å². The van der Waals surface area contributed by atoms with Crippen molar-refractivity contribution >= 4 is 0 Å². The molecule has 0 amide bonds. The molecule has 0 aromatic carbocycles. The molecule has 0 aromatic heterocycles. The van der Waals surface area contributed by atoms with Gasteiger partial charge < -0.3 is 27.8 Å². The Kier molecular flexibility index (Phi) is 10.2. The van der Waals surface area contributed by atoms with Gasteiger partial charge in [0.05, 0.1) is 0 Å². The average Bonchev–Trinajstić information content (AvgIpc) is 2.23. The molecule has 0 saturated heterocycles. The van der Waals surface area contributed by atoms with Crippen LogP contribution in [-0.2, 0) is 0 Å². The maximum absolute atomic E-state index is 5.99. The van der Waals surface area contributed by atoms with Crippen molar-refractivity contribution in [1.29, 1.82) is 0 Å². The minimum atomic E-state index is 0.206. The number of hydrogen-bond acceptors (Lipinski definition) is 5. The minimum absolute atomic E-state index is 0.206. The van der Waals surface area contributed by atoms with E-state index in [4.69, 9.17) is 22.9 Å². The summed E-state index contributed by atoms with van der Waals surface area (Å²) in [5.74, 6) is 0. The van der Waals surface area contributed by atoms with Gasteiger partial charge in [-0.1, -0.05) is 0 Å². The lowest BCUT2D eigenvalue weighted by Gasteiger charge is -2.24. The molecule has 8 N–H and O–H groups in total. The van der Waals surface area contributed by atoms with E-state index in [0.717, 1.165) is 45.4 Å². The average molecular weight is 217 g/mol. The fourth-order valence-corrected chi connectivity index (χ4v) is 1.59. The quantitative estimate of drug-likeness (QED) is 0.362. The second-order valence-corrected chi connectivity index (χ2v) is 3.92. The van der Waals surface area contributed by atoms with Crippen LogP contribution in [0.5, 0.6) is 0 Å². The van der Waals surface area contributed by atoms with Crippen molar-refractivity contribution in [2.45, 2.75) is 25.3 Å². The summed E-state index contributed by atoms with van der Waals surface area (Å²) in [5, 5.41) is 0. The molecule has 0 aromatic rings. The maximum atomic E-state index is 5.99. The fraction of sp³-hybridized carbons (Fsp3) is 1.00. The lowest BCUT2D eigenvalue weighted by atomic mass is 10.1. The van der Waals surface area contributed by atoms with E-state index in [9.17, 15) is 0 Å². The van der Waals surface area contributed by atoms with Gasteiger partial charge in [-0.2, -0.15) is 0 Å². The van der Waals surface area contributed by atoms with Crippen LogP contribution < -0.4 is 22.9 Å². The first kappa shape index (κ1) is 14.8. The zero-order chi connectivity index (χ0) is 11.5. The van der Waals surface area contributed by atoms with E-state index < -0.39 is 0 Å². The van der Waals surface area contributed by atoms with Crippen LogP contribution in [0.25, 0.3) is 0 Å². The number of rotatable bonds is 10. The predicted molar refractivity (Wildman–Crippen MR) is 65.4 cm³/mol. The summed E-state index contributed by atoms with van der Waals surface area (Å²) in [5.41, 5.74) is 22.5. The summed E-state index contributed by atoms with van der Waals surface area (Å²) >= 11 is 0. The molecule has 0 spiro atoms. The molecule has 1 unspecified atom stereocenters. The molecule has 0 heterocycles. The smallest absolute Gasteiger partial charge is 0.0168 e. The highest BCUT2D eigenvalue weighted by atomic mass is 15.1. The van der Waals surface area contributed by atoms with Crippen LogP contribution >= 0.6 is 0 Å². The van der Waals surface area contributed by atoms with Crippen LogP contribution in [0.4, 0.5) is 0 Å². The fourth-order valence-electron chi connectivity index (χ4n) is 1.59. The molecule has 15 heavy (non-hydrogen) atoms. The second kappa shape index (κ2) is 10.3. The van der Waals surface area contributed by atoms with Crippen molar-refractivity contribution in [3.63, 3.8) is 0 Å². The molecular formula is C10H27N5. The first-order chi connectivity index (χ1) is 7.24. The van der Waals surface area contributed by atoms with Crippen molar-refractivity contribution < 1.29 is 0 Å². The lowest BCUT2D eigenvalue weighted by Crippen LogP contribution is -2.41. The molecule has 0 saturated carbocycles. The van der Waals surface area contributed by atoms with Crippen LogP contribution in [0.3, 0.4) is 0 Å². The third-order valence-electron chi connectivity index (χ3n) is 2.40. The van der Waals surface area contributed by atoms with Gasteiger partial charge in [-0.05, 0) is 38.9 Å². The van der Waals surface area contributed by atoms with Crippen LogP contribution in [0.1, 0.15) is 19.3 Å². The third-order valence-corrected chi connectivity index (χ3v) is 2.40. The Morgan fingerprint density at radius 3 is 2.07 bits per heavy atom. The topological polar surface area (TPSA) is 107 Å². The second-order valence-electron chi connectivity index (χ2n) is 3.92. The molecule has 0 rings (SSSR count). The highest BCUT2D eigenvalue weighted by Gasteiger charge is 2.08. The van der Waals surface area contributed by atoms with Gasteiger partial charge in [-0.15, -0.1) is 0 Å². The zero-order valence-corrected chi connectivity index (χ0v) is 9.70. The van der Waals surface area contributed by atoms with E-state index in [2.05, 4.69) is 4.90 Å². The Morgan fingerprint density at radius 2 is 1.53 bits per heavy atom. The third kappa shape index (κ3) is 8.77. The normalized spacial score (nSPS) is 13.4.